The van der Waals surface area contributed by atoms with Gasteiger partial charge >= 0.3 is 0 Å². The maximum atomic E-state index is 6.31. The minimum absolute atomic E-state index is 0.173. The van der Waals surface area contributed by atoms with Gasteiger partial charge < -0.3 is 24.1 Å². The summed E-state index contributed by atoms with van der Waals surface area (Å²) < 4.78 is 20.1. The third-order valence-corrected chi connectivity index (χ3v) is 7.53. The largest absolute Gasteiger partial charge is 0.472 e. The highest BCUT2D eigenvalue weighted by Crippen LogP contribution is 2.37. The van der Waals surface area contributed by atoms with Crippen LogP contribution in [-0.4, -0.2) is 61.6 Å². The molecule has 0 amide bonds. The van der Waals surface area contributed by atoms with E-state index in [1.807, 2.05) is 0 Å². The van der Waals surface area contributed by atoms with Crippen molar-refractivity contribution in [2.24, 2.45) is 0 Å². The van der Waals surface area contributed by atoms with Crippen LogP contribution in [0.3, 0.4) is 0 Å². The van der Waals surface area contributed by atoms with Crippen LogP contribution >= 0.6 is 0 Å². The summed E-state index contributed by atoms with van der Waals surface area (Å²) in [6.07, 6.45) is 7.06. The average Bonchev–Trinajstić information content (AvgIpc) is 3.34. The fourth-order valence-corrected chi connectivity index (χ4v) is 4.82. The lowest BCUT2D eigenvalue weighted by atomic mass is 9.92. The van der Waals surface area contributed by atoms with Crippen LogP contribution in [-0.2, 0) is 16.2 Å². The van der Waals surface area contributed by atoms with Gasteiger partial charge in [-0.05, 0) is 43.3 Å². The van der Waals surface area contributed by atoms with E-state index in [4.69, 9.17) is 14.2 Å². The van der Waals surface area contributed by atoms with Crippen LogP contribution in [0.4, 0.5) is 0 Å². The van der Waals surface area contributed by atoms with Crippen molar-refractivity contribution in [3.8, 4) is 5.88 Å². The third-order valence-electron chi connectivity index (χ3n) is 5.83. The van der Waals surface area contributed by atoms with Crippen molar-refractivity contribution in [2.45, 2.75) is 63.7 Å². The van der Waals surface area contributed by atoms with Crippen molar-refractivity contribution >= 4 is 19.1 Å². The molecule has 1 atom stereocenters. The second kappa shape index (κ2) is 9.12. The Morgan fingerprint density at radius 1 is 1.21 bits per heavy atom. The Balaban J connectivity index is 1.61. The van der Waals surface area contributed by atoms with Crippen LogP contribution < -0.4 is 10.1 Å². The van der Waals surface area contributed by atoms with Gasteiger partial charge in [-0.25, -0.2) is 9.97 Å². The number of fused-ring (bicyclic) bond motifs is 1. The predicted octanol–water partition coefficient (Wildman–Crippen LogP) is 3.38. The lowest BCUT2D eigenvalue weighted by Gasteiger charge is -2.22. The Bertz CT molecular complexity index is 808. The van der Waals surface area contributed by atoms with E-state index in [0.717, 1.165) is 69.3 Å². The van der Waals surface area contributed by atoms with Gasteiger partial charge in [0.05, 0.1) is 5.39 Å². The summed E-state index contributed by atoms with van der Waals surface area (Å²) in [7, 11) is -1.10. The van der Waals surface area contributed by atoms with E-state index in [2.05, 4.69) is 45.7 Å². The van der Waals surface area contributed by atoms with E-state index in [0.29, 0.717) is 18.5 Å². The van der Waals surface area contributed by atoms with E-state index in [9.17, 15) is 0 Å². The van der Waals surface area contributed by atoms with Gasteiger partial charge in [0.2, 0.25) is 5.88 Å². The van der Waals surface area contributed by atoms with Gasteiger partial charge in [0.1, 0.15) is 24.8 Å². The summed E-state index contributed by atoms with van der Waals surface area (Å²) in [6.45, 7) is 11.9. The van der Waals surface area contributed by atoms with Crippen LogP contribution in [0, 0.1) is 0 Å². The van der Waals surface area contributed by atoms with Crippen molar-refractivity contribution in [1.29, 1.82) is 0 Å². The van der Waals surface area contributed by atoms with E-state index in [1.165, 1.54) is 5.56 Å². The molecule has 160 valence electrons. The van der Waals surface area contributed by atoms with Gasteiger partial charge in [-0.15, -0.1) is 0 Å². The van der Waals surface area contributed by atoms with Crippen molar-refractivity contribution in [1.82, 2.24) is 19.9 Å². The molecule has 4 rings (SSSR count). The summed E-state index contributed by atoms with van der Waals surface area (Å²) in [6, 6.07) is 1.16. The minimum Gasteiger partial charge on any atom is -0.472 e. The number of aromatic nitrogens is 3. The summed E-state index contributed by atoms with van der Waals surface area (Å²) >= 11 is 0. The van der Waals surface area contributed by atoms with Gasteiger partial charge in [0.15, 0.2) is 0 Å². The number of nitrogens with one attached hydrogen (secondary N) is 1. The lowest BCUT2D eigenvalue weighted by Crippen LogP contribution is -2.22. The normalized spacial score (nSPS) is 21.1. The predicted molar refractivity (Wildman–Crippen MR) is 116 cm³/mol. The van der Waals surface area contributed by atoms with E-state index in [1.54, 1.807) is 6.33 Å². The molecule has 2 aromatic rings. The van der Waals surface area contributed by atoms with Gasteiger partial charge in [0, 0.05) is 40.6 Å². The molecule has 2 aliphatic heterocycles. The first-order valence-electron chi connectivity index (χ1n) is 10.9. The molecule has 0 spiro atoms. The first-order chi connectivity index (χ1) is 14.0. The third kappa shape index (κ3) is 5.17. The number of nitrogens with zero attached hydrogens (tertiary/aromatic N) is 3. The van der Waals surface area contributed by atoms with Crippen molar-refractivity contribution in [3.05, 3.63) is 18.1 Å². The number of rotatable bonds is 8. The molecule has 8 heteroatoms. The number of hydrogen-bond donors (Lipinski definition) is 1. The fourth-order valence-electron chi connectivity index (χ4n) is 4.06. The van der Waals surface area contributed by atoms with Crippen LogP contribution in [0.15, 0.2) is 12.5 Å². The maximum Gasteiger partial charge on any atom is 0.226 e. The molecule has 29 heavy (non-hydrogen) atoms. The molecule has 0 radical (unpaired) electrons. The molecule has 0 aliphatic carbocycles. The van der Waals surface area contributed by atoms with Gasteiger partial charge in [-0.1, -0.05) is 19.6 Å². The monoisotopic (exact) mass is 418 g/mol. The second-order valence-corrected chi connectivity index (χ2v) is 15.0. The number of hydrogen-bond acceptors (Lipinski definition) is 6. The standard InChI is InChI=1S/C21H34N4O3Si/c1-29(2,3)11-10-27-15-25-13-18(16-5-8-26-9-6-16)19-20(25)23-14-24-21(19)28-17-4-7-22-12-17/h13-14,16-17,22H,4-12,15H2,1-3H3/t17-/m1/s1. The van der Waals surface area contributed by atoms with E-state index < -0.39 is 8.07 Å². The van der Waals surface area contributed by atoms with E-state index in [-0.39, 0.29) is 6.10 Å². The quantitative estimate of drug-likeness (QED) is 0.523. The highest BCUT2D eigenvalue weighted by atomic mass is 28.3. The highest BCUT2D eigenvalue weighted by Gasteiger charge is 2.26. The number of ether oxygens (including phenoxy) is 3. The van der Waals surface area contributed by atoms with Crippen molar-refractivity contribution < 1.29 is 14.2 Å². The lowest BCUT2D eigenvalue weighted by molar-refractivity contribution is 0.0840. The first-order valence-corrected chi connectivity index (χ1v) is 14.6. The topological polar surface area (TPSA) is 70.4 Å². The molecule has 0 bridgehead atoms. The van der Waals surface area contributed by atoms with Crippen LogP contribution in [0.1, 0.15) is 30.7 Å². The zero-order valence-corrected chi connectivity index (χ0v) is 18.9. The molecule has 0 unspecified atom stereocenters. The highest BCUT2D eigenvalue weighted by molar-refractivity contribution is 6.76. The molecule has 1 N–H and O–H groups in total. The molecule has 2 aromatic heterocycles. The van der Waals surface area contributed by atoms with Crippen LogP contribution in [0.25, 0.3) is 11.0 Å². The molecule has 2 aliphatic rings. The SMILES string of the molecule is C[Si](C)(C)CCOCn1cc(C2CCOCC2)c2c(O[C@@H]3CCNC3)ncnc21. The second-order valence-electron chi connectivity index (χ2n) is 9.40. The Labute approximate surface area is 174 Å². The zero-order valence-electron chi connectivity index (χ0n) is 17.9. The summed E-state index contributed by atoms with van der Waals surface area (Å²) in [5.41, 5.74) is 2.19. The average molecular weight is 419 g/mol. The van der Waals surface area contributed by atoms with Gasteiger partial charge in [-0.2, -0.15) is 0 Å². The summed E-state index contributed by atoms with van der Waals surface area (Å²) in [4.78, 5) is 9.14. The fraction of sp³-hybridized carbons (Fsp3) is 0.714. The molecule has 2 saturated heterocycles. The summed E-state index contributed by atoms with van der Waals surface area (Å²) in [5, 5.41) is 4.42. The maximum absolute atomic E-state index is 6.31. The van der Waals surface area contributed by atoms with Crippen LogP contribution in [0.2, 0.25) is 25.7 Å². The minimum atomic E-state index is -1.10. The van der Waals surface area contributed by atoms with E-state index >= 15 is 0 Å². The molecule has 4 heterocycles. The zero-order chi connectivity index (χ0) is 20.3. The Morgan fingerprint density at radius 3 is 2.76 bits per heavy atom. The van der Waals surface area contributed by atoms with Crippen LogP contribution in [0.5, 0.6) is 5.88 Å². The Kier molecular flexibility index (Phi) is 6.53. The molecular weight excluding hydrogens is 384 g/mol. The molecule has 0 saturated carbocycles. The Morgan fingerprint density at radius 2 is 2.03 bits per heavy atom. The molecule has 0 aromatic carbocycles. The van der Waals surface area contributed by atoms with Gasteiger partial charge in [0.25, 0.3) is 0 Å². The molecule has 2 fully saturated rings. The smallest absolute Gasteiger partial charge is 0.226 e. The summed E-state index contributed by atoms with van der Waals surface area (Å²) in [5.74, 6) is 1.16. The Hall–Kier alpha value is -1.48. The van der Waals surface area contributed by atoms with Gasteiger partial charge in [-0.3, -0.25) is 0 Å². The van der Waals surface area contributed by atoms with Crippen molar-refractivity contribution in [2.75, 3.05) is 32.9 Å². The molecule has 7 nitrogen and oxygen atoms in total. The van der Waals surface area contributed by atoms with Crippen molar-refractivity contribution in [3.63, 3.8) is 0 Å². The molecular formula is C21H34N4O3Si. The first kappa shape index (κ1) is 20.8.